The zero-order valence-electron chi connectivity index (χ0n) is 51.3. The maximum atomic E-state index is 12.7. The number of phosphoric acid groups is 1. The summed E-state index contributed by atoms with van der Waals surface area (Å²) in [5.41, 5.74) is 5.39. The molecule has 0 aromatic rings. The first-order valence-electron chi connectivity index (χ1n) is 33.1. The van der Waals surface area contributed by atoms with Crippen molar-refractivity contribution in [2.45, 2.75) is 315 Å². The number of allylic oxidation sites excluding steroid dienone is 14. The van der Waals surface area contributed by atoms with Crippen molar-refractivity contribution in [3.63, 3.8) is 0 Å². The standard InChI is InChI=1S/C69H124NO8P/c1-3-5-7-9-11-13-15-17-19-21-23-24-25-26-27-28-29-30-31-32-33-34-35-36-37-38-39-40-41-42-44-46-48-50-52-54-56-58-60-62-69(72)78-67(66-77-79(73,74)76-64-63-70)65-75-68(71)61-59-57-55-53-51-49-47-45-43-22-20-18-16-14-12-10-8-6-4-2/h5,7,11,13,17-20,23-24,26-27,29-30,67H,3-4,6,8-10,12,14-16,21-22,25,28,31-66,70H2,1-2H3,(H,73,74)/b7-5-,13-11-,19-17-,20-18-,24-23-,27-26-,30-29-. The number of carbonyl (C=O) groups excluding carboxylic acids is 2. The van der Waals surface area contributed by atoms with Crippen molar-refractivity contribution in [1.29, 1.82) is 0 Å². The van der Waals surface area contributed by atoms with Crippen LogP contribution in [-0.4, -0.2) is 49.3 Å². The summed E-state index contributed by atoms with van der Waals surface area (Å²) < 4.78 is 33.1. The van der Waals surface area contributed by atoms with E-state index < -0.39 is 26.5 Å². The fourth-order valence-corrected chi connectivity index (χ4v) is 10.2. The van der Waals surface area contributed by atoms with Gasteiger partial charge in [0, 0.05) is 19.4 Å². The SMILES string of the molecule is CC/C=C\C/C=C\C/C=C\C/C=C\C/C=C\C/C=C\CCCCCCCCCCCCCCCCCCCCCCC(=O)OC(COC(=O)CCCCCCCCCCC/C=C\CCCCCCCC)COP(=O)(O)OCCN. The zero-order chi connectivity index (χ0) is 57.3. The van der Waals surface area contributed by atoms with Gasteiger partial charge >= 0.3 is 19.8 Å². The Morgan fingerprint density at radius 1 is 0.392 bits per heavy atom. The van der Waals surface area contributed by atoms with Gasteiger partial charge in [0.25, 0.3) is 0 Å². The van der Waals surface area contributed by atoms with Crippen LogP contribution in [0.3, 0.4) is 0 Å². The monoisotopic (exact) mass is 1130 g/mol. The van der Waals surface area contributed by atoms with Crippen molar-refractivity contribution in [2.24, 2.45) is 5.73 Å². The molecule has 0 heterocycles. The van der Waals surface area contributed by atoms with Crippen LogP contribution in [0.4, 0.5) is 0 Å². The average Bonchev–Trinajstić information content (AvgIpc) is 3.44. The molecule has 0 aromatic carbocycles. The molecule has 0 rings (SSSR count). The molecular weight excluding hydrogens is 1000 g/mol. The van der Waals surface area contributed by atoms with E-state index in [1.165, 1.54) is 199 Å². The van der Waals surface area contributed by atoms with E-state index in [2.05, 4.69) is 98.9 Å². The van der Waals surface area contributed by atoms with Gasteiger partial charge in [-0.25, -0.2) is 4.57 Å². The first kappa shape index (κ1) is 76.2. The van der Waals surface area contributed by atoms with Crippen LogP contribution >= 0.6 is 7.82 Å². The second kappa shape index (κ2) is 64.4. The minimum Gasteiger partial charge on any atom is -0.462 e. The van der Waals surface area contributed by atoms with E-state index in [0.29, 0.717) is 6.42 Å². The van der Waals surface area contributed by atoms with Crippen LogP contribution in [0.5, 0.6) is 0 Å². The van der Waals surface area contributed by atoms with Crippen LogP contribution in [-0.2, 0) is 32.7 Å². The van der Waals surface area contributed by atoms with Crippen molar-refractivity contribution in [2.75, 3.05) is 26.4 Å². The van der Waals surface area contributed by atoms with Crippen molar-refractivity contribution in [3.8, 4) is 0 Å². The second-order valence-electron chi connectivity index (χ2n) is 22.0. The Morgan fingerprint density at radius 3 is 1.05 bits per heavy atom. The normalized spacial score (nSPS) is 13.5. The second-order valence-corrected chi connectivity index (χ2v) is 23.4. The van der Waals surface area contributed by atoms with Gasteiger partial charge in [0.1, 0.15) is 6.61 Å². The molecule has 0 saturated carbocycles. The third-order valence-electron chi connectivity index (χ3n) is 14.3. The Labute approximate surface area is 487 Å². The molecular formula is C69H124NO8P. The number of unbranched alkanes of at least 4 members (excludes halogenated alkanes) is 35. The largest absolute Gasteiger partial charge is 0.472 e. The highest BCUT2D eigenvalue weighted by atomic mass is 31.2. The van der Waals surface area contributed by atoms with Crippen LogP contribution in [0, 0.1) is 0 Å². The highest BCUT2D eigenvalue weighted by Crippen LogP contribution is 2.43. The molecule has 0 aliphatic heterocycles. The molecule has 0 aliphatic rings. The summed E-state index contributed by atoms with van der Waals surface area (Å²) in [6.45, 7) is 3.66. The van der Waals surface area contributed by atoms with Gasteiger partial charge in [0.2, 0.25) is 0 Å². The predicted molar refractivity (Wildman–Crippen MR) is 339 cm³/mol. The number of esters is 2. The molecule has 2 unspecified atom stereocenters. The predicted octanol–water partition coefficient (Wildman–Crippen LogP) is 21.4. The van der Waals surface area contributed by atoms with E-state index in [-0.39, 0.29) is 38.6 Å². The molecule has 0 amide bonds. The molecule has 0 saturated heterocycles. The number of rotatable bonds is 62. The van der Waals surface area contributed by atoms with Crippen LogP contribution in [0.1, 0.15) is 309 Å². The Kier molecular flexibility index (Phi) is 62.1. The Morgan fingerprint density at radius 2 is 0.696 bits per heavy atom. The topological polar surface area (TPSA) is 134 Å². The van der Waals surface area contributed by atoms with Crippen LogP contribution in [0.2, 0.25) is 0 Å². The van der Waals surface area contributed by atoms with Gasteiger partial charge in [0.15, 0.2) is 6.10 Å². The first-order chi connectivity index (χ1) is 38.8. The molecule has 0 spiro atoms. The van der Waals surface area contributed by atoms with Crippen LogP contribution in [0.15, 0.2) is 85.1 Å². The molecule has 9 nitrogen and oxygen atoms in total. The quantitative estimate of drug-likeness (QED) is 0.0264. The van der Waals surface area contributed by atoms with Crippen molar-refractivity contribution >= 4 is 19.8 Å². The maximum Gasteiger partial charge on any atom is 0.472 e. The molecule has 0 fully saturated rings. The van der Waals surface area contributed by atoms with Crippen LogP contribution < -0.4 is 5.73 Å². The summed E-state index contributed by atoms with van der Waals surface area (Å²) in [5.74, 6) is -0.818. The summed E-state index contributed by atoms with van der Waals surface area (Å²) in [6.07, 6.45) is 85.3. The van der Waals surface area contributed by atoms with Gasteiger partial charge in [-0.3, -0.25) is 18.6 Å². The van der Waals surface area contributed by atoms with E-state index in [0.717, 1.165) is 77.0 Å². The Hall–Kier alpha value is -2.81. The molecule has 0 aliphatic carbocycles. The summed E-state index contributed by atoms with van der Waals surface area (Å²) >= 11 is 0. The zero-order valence-corrected chi connectivity index (χ0v) is 52.2. The minimum absolute atomic E-state index is 0.0528. The van der Waals surface area contributed by atoms with Gasteiger partial charge < -0.3 is 20.1 Å². The average molecular weight is 1130 g/mol. The Bertz CT molecular complexity index is 1570. The highest BCUT2D eigenvalue weighted by molar-refractivity contribution is 7.47. The molecule has 0 aromatic heterocycles. The number of carbonyl (C=O) groups is 2. The van der Waals surface area contributed by atoms with Gasteiger partial charge in [-0.2, -0.15) is 0 Å². The maximum absolute atomic E-state index is 12.7. The summed E-state index contributed by atoms with van der Waals surface area (Å²) in [5, 5.41) is 0. The molecule has 79 heavy (non-hydrogen) atoms. The fraction of sp³-hybridized carbons (Fsp3) is 0.768. The minimum atomic E-state index is -4.39. The summed E-state index contributed by atoms with van der Waals surface area (Å²) in [6, 6.07) is 0. The number of hydrogen-bond donors (Lipinski definition) is 2. The van der Waals surface area contributed by atoms with E-state index in [9.17, 15) is 19.0 Å². The molecule has 2 atom stereocenters. The van der Waals surface area contributed by atoms with E-state index >= 15 is 0 Å². The molecule has 0 radical (unpaired) electrons. The van der Waals surface area contributed by atoms with Gasteiger partial charge in [-0.15, -0.1) is 0 Å². The van der Waals surface area contributed by atoms with E-state index in [1.54, 1.807) is 0 Å². The van der Waals surface area contributed by atoms with E-state index in [1.807, 2.05) is 0 Å². The third kappa shape index (κ3) is 64.2. The first-order valence-corrected chi connectivity index (χ1v) is 34.6. The molecule has 3 N–H and O–H groups in total. The van der Waals surface area contributed by atoms with Crippen molar-refractivity contribution in [3.05, 3.63) is 85.1 Å². The lowest BCUT2D eigenvalue weighted by Gasteiger charge is -2.19. The fourth-order valence-electron chi connectivity index (χ4n) is 9.40. The molecule has 10 heteroatoms. The highest BCUT2D eigenvalue weighted by Gasteiger charge is 2.26. The lowest BCUT2D eigenvalue weighted by Crippen LogP contribution is -2.29. The van der Waals surface area contributed by atoms with Crippen molar-refractivity contribution in [1.82, 2.24) is 0 Å². The number of hydrogen-bond acceptors (Lipinski definition) is 8. The molecule has 458 valence electrons. The number of ether oxygens (including phenoxy) is 2. The Balaban J connectivity index is 3.83. The van der Waals surface area contributed by atoms with Gasteiger partial charge in [-0.1, -0.05) is 292 Å². The lowest BCUT2D eigenvalue weighted by atomic mass is 10.0. The third-order valence-corrected chi connectivity index (χ3v) is 15.2. The van der Waals surface area contributed by atoms with Gasteiger partial charge in [-0.05, 0) is 89.9 Å². The smallest absolute Gasteiger partial charge is 0.462 e. The van der Waals surface area contributed by atoms with Crippen LogP contribution in [0.25, 0.3) is 0 Å². The van der Waals surface area contributed by atoms with Gasteiger partial charge in [0.05, 0.1) is 13.2 Å². The number of nitrogens with two attached hydrogens (primary N) is 1. The van der Waals surface area contributed by atoms with Crippen molar-refractivity contribution < 1.29 is 37.6 Å². The lowest BCUT2D eigenvalue weighted by molar-refractivity contribution is -0.161. The summed E-state index contributed by atoms with van der Waals surface area (Å²) in [7, 11) is -4.39. The number of phosphoric ester groups is 1. The molecule has 0 bridgehead atoms. The summed E-state index contributed by atoms with van der Waals surface area (Å²) in [4.78, 5) is 35.3. The van der Waals surface area contributed by atoms with E-state index in [4.69, 9.17) is 24.3 Å².